The van der Waals surface area contributed by atoms with Crippen LogP contribution in [0.25, 0.3) is 0 Å². The molecule has 0 saturated carbocycles. The molecule has 0 amide bonds. The van der Waals surface area contributed by atoms with Gasteiger partial charge >= 0.3 is 0 Å². The summed E-state index contributed by atoms with van der Waals surface area (Å²) in [5, 5.41) is 14.0. The third-order valence-corrected chi connectivity index (χ3v) is 5.29. The third kappa shape index (κ3) is 3.53. The molecule has 3 heterocycles. The molecule has 2 aliphatic heterocycles. The van der Waals surface area contributed by atoms with Crippen LogP contribution in [-0.2, 0) is 17.8 Å². The van der Waals surface area contributed by atoms with E-state index in [0.29, 0.717) is 6.61 Å². The number of benzene rings is 1. The van der Waals surface area contributed by atoms with Gasteiger partial charge in [-0.1, -0.05) is 24.3 Å². The molecule has 5 nitrogen and oxygen atoms in total. The van der Waals surface area contributed by atoms with Crippen molar-refractivity contribution in [3.05, 3.63) is 53.9 Å². The van der Waals surface area contributed by atoms with Crippen molar-refractivity contribution in [2.45, 2.75) is 44.1 Å². The molecular weight excluding hydrogens is 302 g/mol. The SMILES string of the molecule is OC1COC2(CCN(Cc3ccc(Cn4cccn4)cc3)CC2)C1. The van der Waals surface area contributed by atoms with Crippen LogP contribution < -0.4 is 0 Å². The van der Waals surface area contributed by atoms with Crippen molar-refractivity contribution in [3.63, 3.8) is 0 Å². The summed E-state index contributed by atoms with van der Waals surface area (Å²) in [7, 11) is 0. The maximum atomic E-state index is 9.72. The molecule has 1 aromatic heterocycles. The Morgan fingerprint density at radius 3 is 2.42 bits per heavy atom. The average molecular weight is 327 g/mol. The summed E-state index contributed by atoms with van der Waals surface area (Å²) in [5.74, 6) is 0. The molecule has 2 aromatic rings. The Kier molecular flexibility index (Phi) is 4.39. The molecule has 1 aromatic carbocycles. The molecule has 1 spiro atoms. The molecule has 4 rings (SSSR count). The first-order valence-electron chi connectivity index (χ1n) is 8.80. The number of ether oxygens (including phenoxy) is 1. The smallest absolute Gasteiger partial charge is 0.0801 e. The summed E-state index contributed by atoms with van der Waals surface area (Å²) in [4.78, 5) is 2.49. The first kappa shape index (κ1) is 15.8. The van der Waals surface area contributed by atoms with Gasteiger partial charge in [0.05, 0.1) is 24.9 Å². The second kappa shape index (κ2) is 6.67. The highest BCUT2D eigenvalue weighted by atomic mass is 16.5. The van der Waals surface area contributed by atoms with Crippen LogP contribution in [0.1, 0.15) is 30.4 Å². The van der Waals surface area contributed by atoms with Crippen molar-refractivity contribution in [2.75, 3.05) is 19.7 Å². The Morgan fingerprint density at radius 1 is 1.12 bits per heavy atom. The molecule has 128 valence electrons. The minimum atomic E-state index is -0.265. The summed E-state index contributed by atoms with van der Waals surface area (Å²) in [6.07, 6.45) is 6.40. The molecule has 1 unspecified atom stereocenters. The quantitative estimate of drug-likeness (QED) is 0.934. The van der Waals surface area contributed by atoms with Gasteiger partial charge in [0, 0.05) is 38.4 Å². The number of nitrogens with zero attached hydrogens (tertiary/aromatic N) is 3. The highest BCUT2D eigenvalue weighted by Crippen LogP contribution is 2.36. The van der Waals surface area contributed by atoms with E-state index in [1.807, 2.05) is 23.1 Å². The van der Waals surface area contributed by atoms with Gasteiger partial charge in [-0.2, -0.15) is 5.10 Å². The van der Waals surface area contributed by atoms with Crippen LogP contribution in [0.3, 0.4) is 0 Å². The maximum Gasteiger partial charge on any atom is 0.0801 e. The van der Waals surface area contributed by atoms with Crippen LogP contribution in [0.4, 0.5) is 0 Å². The fourth-order valence-electron chi connectivity index (χ4n) is 3.88. The molecule has 2 aliphatic rings. The Morgan fingerprint density at radius 2 is 1.83 bits per heavy atom. The largest absolute Gasteiger partial charge is 0.391 e. The fourth-order valence-corrected chi connectivity index (χ4v) is 3.88. The third-order valence-electron chi connectivity index (χ3n) is 5.29. The standard InChI is InChI=1S/C19H25N3O2/c23-18-12-19(24-15-18)6-10-21(11-7-19)13-16-2-4-17(5-3-16)14-22-9-1-8-20-22/h1-5,8-9,18,23H,6-7,10-15H2. The Bertz CT molecular complexity index is 646. The van der Waals surface area contributed by atoms with Crippen molar-refractivity contribution in [3.8, 4) is 0 Å². The second-order valence-corrected chi connectivity index (χ2v) is 7.15. The van der Waals surface area contributed by atoms with Crippen LogP contribution in [0.15, 0.2) is 42.7 Å². The predicted molar refractivity (Wildman–Crippen MR) is 91.6 cm³/mol. The van der Waals surface area contributed by atoms with Crippen LogP contribution in [0, 0.1) is 0 Å². The summed E-state index contributed by atoms with van der Waals surface area (Å²) in [5.41, 5.74) is 2.57. The van der Waals surface area contributed by atoms with E-state index in [1.54, 1.807) is 0 Å². The van der Waals surface area contributed by atoms with E-state index < -0.39 is 0 Å². The Labute approximate surface area is 142 Å². The van der Waals surface area contributed by atoms with Crippen molar-refractivity contribution in [2.24, 2.45) is 0 Å². The summed E-state index contributed by atoms with van der Waals surface area (Å²) < 4.78 is 7.81. The zero-order chi connectivity index (χ0) is 16.4. The topological polar surface area (TPSA) is 50.5 Å². The van der Waals surface area contributed by atoms with E-state index in [4.69, 9.17) is 4.74 Å². The van der Waals surface area contributed by atoms with Crippen LogP contribution in [-0.4, -0.2) is 51.2 Å². The lowest BCUT2D eigenvalue weighted by atomic mass is 9.88. The molecule has 1 N–H and O–H groups in total. The van der Waals surface area contributed by atoms with Gasteiger partial charge in [-0.3, -0.25) is 9.58 Å². The highest BCUT2D eigenvalue weighted by Gasteiger charge is 2.41. The van der Waals surface area contributed by atoms with Crippen LogP contribution in [0.5, 0.6) is 0 Å². The number of piperidine rings is 1. The molecule has 2 saturated heterocycles. The number of hydrogen-bond donors (Lipinski definition) is 1. The maximum absolute atomic E-state index is 9.72. The number of hydrogen-bond acceptors (Lipinski definition) is 4. The number of aliphatic hydroxyl groups excluding tert-OH is 1. The lowest BCUT2D eigenvalue weighted by Gasteiger charge is -2.38. The monoisotopic (exact) mass is 327 g/mol. The van der Waals surface area contributed by atoms with Crippen molar-refractivity contribution < 1.29 is 9.84 Å². The summed E-state index contributed by atoms with van der Waals surface area (Å²) in [6.45, 7) is 4.40. The fraction of sp³-hybridized carbons (Fsp3) is 0.526. The lowest BCUT2D eigenvalue weighted by molar-refractivity contribution is -0.0456. The van der Waals surface area contributed by atoms with Gasteiger partial charge < -0.3 is 9.84 Å². The Balaban J connectivity index is 1.30. The van der Waals surface area contributed by atoms with Crippen molar-refractivity contribution >= 4 is 0 Å². The van der Waals surface area contributed by atoms with Gasteiger partial charge in [-0.05, 0) is 30.0 Å². The molecule has 0 aliphatic carbocycles. The molecular formula is C19H25N3O2. The van der Waals surface area contributed by atoms with Gasteiger partial charge in [0.2, 0.25) is 0 Å². The first-order valence-corrected chi connectivity index (χ1v) is 8.80. The van der Waals surface area contributed by atoms with E-state index in [1.165, 1.54) is 11.1 Å². The predicted octanol–water partition coefficient (Wildman–Crippen LogP) is 2.05. The molecule has 1 atom stereocenters. The zero-order valence-corrected chi connectivity index (χ0v) is 14.0. The van der Waals surface area contributed by atoms with E-state index in [2.05, 4.69) is 34.3 Å². The lowest BCUT2D eigenvalue weighted by Crippen LogP contribution is -2.43. The molecule has 0 bridgehead atoms. The Hall–Kier alpha value is -1.69. The van der Waals surface area contributed by atoms with Gasteiger partial charge in [0.1, 0.15) is 0 Å². The number of likely N-dealkylation sites (tertiary alicyclic amines) is 1. The highest BCUT2D eigenvalue weighted by molar-refractivity contribution is 5.22. The molecule has 0 radical (unpaired) electrons. The van der Waals surface area contributed by atoms with E-state index >= 15 is 0 Å². The second-order valence-electron chi connectivity index (χ2n) is 7.15. The van der Waals surface area contributed by atoms with Crippen molar-refractivity contribution in [1.82, 2.24) is 14.7 Å². The molecule has 2 fully saturated rings. The number of rotatable bonds is 4. The van der Waals surface area contributed by atoms with Gasteiger partial charge in [0.15, 0.2) is 0 Å². The van der Waals surface area contributed by atoms with Gasteiger partial charge in [-0.15, -0.1) is 0 Å². The minimum Gasteiger partial charge on any atom is -0.391 e. The summed E-state index contributed by atoms with van der Waals surface area (Å²) in [6, 6.07) is 10.8. The zero-order valence-electron chi connectivity index (χ0n) is 14.0. The average Bonchev–Trinajstić information content (AvgIpc) is 3.22. The number of aliphatic hydroxyl groups is 1. The van der Waals surface area contributed by atoms with Crippen LogP contribution >= 0.6 is 0 Å². The van der Waals surface area contributed by atoms with Gasteiger partial charge in [0.25, 0.3) is 0 Å². The van der Waals surface area contributed by atoms with Crippen molar-refractivity contribution in [1.29, 1.82) is 0 Å². The minimum absolute atomic E-state index is 0.0520. The normalized spacial score (nSPS) is 23.8. The van der Waals surface area contributed by atoms with E-state index in [9.17, 15) is 5.11 Å². The number of aromatic nitrogens is 2. The summed E-state index contributed by atoms with van der Waals surface area (Å²) >= 11 is 0. The van der Waals surface area contributed by atoms with E-state index in [0.717, 1.165) is 45.4 Å². The first-order chi connectivity index (χ1) is 11.7. The van der Waals surface area contributed by atoms with Gasteiger partial charge in [-0.25, -0.2) is 0 Å². The van der Waals surface area contributed by atoms with Crippen LogP contribution in [0.2, 0.25) is 0 Å². The molecule has 24 heavy (non-hydrogen) atoms. The van der Waals surface area contributed by atoms with E-state index in [-0.39, 0.29) is 11.7 Å². The molecule has 5 heteroatoms.